The van der Waals surface area contributed by atoms with Crippen LogP contribution in [0.15, 0.2) is 16.9 Å². The van der Waals surface area contributed by atoms with Crippen LogP contribution >= 0.6 is 0 Å². The molecule has 0 fully saturated rings. The van der Waals surface area contributed by atoms with Crippen LogP contribution in [-0.4, -0.2) is 33.7 Å². The van der Waals surface area contributed by atoms with Crippen molar-refractivity contribution < 1.29 is 4.79 Å². The molecule has 16 heavy (non-hydrogen) atoms. The molecule has 0 radical (unpaired) electrons. The van der Waals surface area contributed by atoms with E-state index in [4.69, 9.17) is 5.73 Å². The normalized spacial score (nSPS) is 10.1. The zero-order valence-electron chi connectivity index (χ0n) is 9.51. The molecule has 0 saturated carbocycles. The van der Waals surface area contributed by atoms with Gasteiger partial charge in [-0.2, -0.15) is 5.10 Å². The van der Waals surface area contributed by atoms with Crippen molar-refractivity contribution in [3.8, 4) is 0 Å². The highest BCUT2D eigenvalue weighted by Crippen LogP contribution is 1.93. The number of amides is 1. The fourth-order valence-electron chi connectivity index (χ4n) is 1.38. The molecule has 0 aromatic carbocycles. The van der Waals surface area contributed by atoms with E-state index in [1.165, 1.54) is 12.1 Å². The quantitative estimate of drug-likeness (QED) is 0.761. The summed E-state index contributed by atoms with van der Waals surface area (Å²) in [7, 11) is 0. The molecule has 6 heteroatoms. The second-order valence-electron chi connectivity index (χ2n) is 3.32. The second kappa shape index (κ2) is 5.29. The van der Waals surface area contributed by atoms with Gasteiger partial charge in [0, 0.05) is 19.2 Å². The molecule has 0 saturated heterocycles. The molecule has 6 nitrogen and oxygen atoms in total. The number of carbonyl (C=O) groups is 1. The Hall–Kier alpha value is -1.85. The first kappa shape index (κ1) is 12.2. The third-order valence-electron chi connectivity index (χ3n) is 2.29. The first-order chi connectivity index (χ1) is 7.58. The summed E-state index contributed by atoms with van der Waals surface area (Å²) in [6.07, 6.45) is 0. The van der Waals surface area contributed by atoms with Gasteiger partial charge in [0.15, 0.2) is 0 Å². The van der Waals surface area contributed by atoms with Gasteiger partial charge in [0.05, 0.1) is 0 Å². The lowest BCUT2D eigenvalue weighted by molar-refractivity contribution is -0.131. The van der Waals surface area contributed by atoms with Crippen molar-refractivity contribution in [2.45, 2.75) is 20.4 Å². The Labute approximate surface area is 93.7 Å². The molecule has 1 aromatic heterocycles. The highest BCUT2D eigenvalue weighted by Gasteiger charge is 2.11. The largest absolute Gasteiger partial charge is 0.382 e. The van der Waals surface area contributed by atoms with Crippen LogP contribution in [0.5, 0.6) is 0 Å². The Morgan fingerprint density at radius 3 is 2.62 bits per heavy atom. The Morgan fingerprint density at radius 1 is 1.44 bits per heavy atom. The molecule has 0 atom stereocenters. The van der Waals surface area contributed by atoms with E-state index in [9.17, 15) is 9.59 Å². The highest BCUT2D eigenvalue weighted by atomic mass is 16.2. The van der Waals surface area contributed by atoms with Crippen LogP contribution in [0, 0.1) is 0 Å². The highest BCUT2D eigenvalue weighted by molar-refractivity contribution is 5.75. The Balaban J connectivity index is 2.84. The van der Waals surface area contributed by atoms with E-state index < -0.39 is 0 Å². The first-order valence-electron chi connectivity index (χ1n) is 5.19. The van der Waals surface area contributed by atoms with Gasteiger partial charge in [0.2, 0.25) is 5.91 Å². The molecular formula is C10H16N4O2. The fourth-order valence-corrected chi connectivity index (χ4v) is 1.38. The van der Waals surface area contributed by atoms with Crippen molar-refractivity contribution in [2.75, 3.05) is 18.8 Å². The molecule has 2 N–H and O–H groups in total. The summed E-state index contributed by atoms with van der Waals surface area (Å²) in [5, 5.41) is 3.80. The van der Waals surface area contributed by atoms with Gasteiger partial charge in [-0.1, -0.05) is 0 Å². The van der Waals surface area contributed by atoms with Crippen LogP contribution in [0.1, 0.15) is 13.8 Å². The molecular weight excluding hydrogens is 208 g/mol. The second-order valence-corrected chi connectivity index (χ2v) is 3.32. The summed E-state index contributed by atoms with van der Waals surface area (Å²) >= 11 is 0. The fraction of sp³-hybridized carbons (Fsp3) is 0.500. The van der Waals surface area contributed by atoms with Crippen molar-refractivity contribution >= 4 is 11.7 Å². The molecule has 0 spiro atoms. The number of likely N-dealkylation sites (N-methyl/N-ethyl adjacent to an activating group) is 1. The maximum atomic E-state index is 11.7. The van der Waals surface area contributed by atoms with Gasteiger partial charge in [-0.3, -0.25) is 9.59 Å². The maximum absolute atomic E-state index is 11.7. The van der Waals surface area contributed by atoms with E-state index in [-0.39, 0.29) is 23.8 Å². The average molecular weight is 224 g/mol. The van der Waals surface area contributed by atoms with Crippen molar-refractivity contribution in [3.05, 3.63) is 22.5 Å². The van der Waals surface area contributed by atoms with E-state index in [1.807, 2.05) is 13.8 Å². The number of nitrogens with two attached hydrogens (primary N) is 1. The van der Waals surface area contributed by atoms with E-state index in [2.05, 4.69) is 5.10 Å². The van der Waals surface area contributed by atoms with Gasteiger partial charge >= 0.3 is 0 Å². The lowest BCUT2D eigenvalue weighted by Crippen LogP contribution is -2.37. The third kappa shape index (κ3) is 2.82. The Kier molecular flexibility index (Phi) is 4.04. The minimum Gasteiger partial charge on any atom is -0.382 e. The summed E-state index contributed by atoms with van der Waals surface area (Å²) in [6.45, 7) is 4.94. The van der Waals surface area contributed by atoms with Gasteiger partial charge in [-0.15, -0.1) is 0 Å². The van der Waals surface area contributed by atoms with Crippen LogP contribution in [-0.2, 0) is 11.3 Å². The van der Waals surface area contributed by atoms with E-state index in [1.54, 1.807) is 4.90 Å². The zero-order chi connectivity index (χ0) is 12.1. The van der Waals surface area contributed by atoms with Crippen molar-refractivity contribution in [3.63, 3.8) is 0 Å². The summed E-state index contributed by atoms with van der Waals surface area (Å²) in [5.74, 6) is 0.0946. The number of rotatable bonds is 4. The maximum Gasteiger partial charge on any atom is 0.267 e. The van der Waals surface area contributed by atoms with Gasteiger partial charge in [0.1, 0.15) is 12.4 Å². The van der Waals surface area contributed by atoms with Gasteiger partial charge in [0.25, 0.3) is 5.56 Å². The topological polar surface area (TPSA) is 81.2 Å². The van der Waals surface area contributed by atoms with Crippen LogP contribution in [0.25, 0.3) is 0 Å². The minimum atomic E-state index is -0.324. The van der Waals surface area contributed by atoms with Gasteiger partial charge in [-0.25, -0.2) is 4.68 Å². The van der Waals surface area contributed by atoms with E-state index >= 15 is 0 Å². The molecule has 0 unspecified atom stereocenters. The minimum absolute atomic E-state index is 0.0639. The number of nitrogen functional groups attached to an aromatic ring is 1. The summed E-state index contributed by atoms with van der Waals surface area (Å²) in [6, 6.07) is 2.72. The Morgan fingerprint density at radius 2 is 2.06 bits per heavy atom. The Bertz CT molecular complexity index is 423. The molecule has 0 aliphatic carbocycles. The zero-order valence-corrected chi connectivity index (χ0v) is 9.51. The van der Waals surface area contributed by atoms with Gasteiger partial charge < -0.3 is 10.6 Å². The number of aromatic nitrogens is 2. The number of hydrogen-bond donors (Lipinski definition) is 1. The molecule has 1 amide bonds. The molecule has 0 aliphatic rings. The third-order valence-corrected chi connectivity index (χ3v) is 2.29. The number of nitrogens with zero attached hydrogens (tertiary/aromatic N) is 3. The van der Waals surface area contributed by atoms with Crippen LogP contribution in [0.2, 0.25) is 0 Å². The van der Waals surface area contributed by atoms with Gasteiger partial charge in [-0.05, 0) is 19.9 Å². The molecule has 1 rings (SSSR count). The van der Waals surface area contributed by atoms with Crippen LogP contribution in [0.3, 0.4) is 0 Å². The SMILES string of the molecule is CCN(CC)C(=O)Cn1nc(N)ccc1=O. The van der Waals surface area contributed by atoms with Crippen molar-refractivity contribution in [2.24, 2.45) is 0 Å². The molecule has 0 bridgehead atoms. The predicted molar refractivity (Wildman–Crippen MR) is 60.8 cm³/mol. The lowest BCUT2D eigenvalue weighted by Gasteiger charge is -2.18. The average Bonchev–Trinajstić information content (AvgIpc) is 2.25. The summed E-state index contributed by atoms with van der Waals surface area (Å²) in [5.41, 5.74) is 5.12. The van der Waals surface area contributed by atoms with Crippen molar-refractivity contribution in [1.29, 1.82) is 0 Å². The molecule has 1 aromatic rings. The smallest absolute Gasteiger partial charge is 0.267 e. The summed E-state index contributed by atoms with van der Waals surface area (Å²) < 4.78 is 1.08. The number of hydrogen-bond acceptors (Lipinski definition) is 4. The first-order valence-corrected chi connectivity index (χ1v) is 5.19. The van der Waals surface area contributed by atoms with Crippen molar-refractivity contribution in [1.82, 2.24) is 14.7 Å². The summed E-state index contributed by atoms with van der Waals surface area (Å²) in [4.78, 5) is 24.7. The van der Waals surface area contributed by atoms with E-state index in [0.29, 0.717) is 13.1 Å². The van der Waals surface area contributed by atoms with E-state index in [0.717, 1.165) is 4.68 Å². The number of carbonyl (C=O) groups excluding carboxylic acids is 1. The monoisotopic (exact) mass is 224 g/mol. The predicted octanol–water partition coefficient (Wildman–Crippen LogP) is -0.306. The molecule has 0 aliphatic heterocycles. The lowest BCUT2D eigenvalue weighted by atomic mass is 10.4. The number of anilines is 1. The standard InChI is InChI=1S/C10H16N4O2/c1-3-13(4-2)10(16)7-14-9(15)6-5-8(11)12-14/h5-6H,3-4,7H2,1-2H3,(H2,11,12). The van der Waals surface area contributed by atoms with Crippen LogP contribution in [0.4, 0.5) is 5.82 Å². The van der Waals surface area contributed by atoms with Crippen LogP contribution < -0.4 is 11.3 Å². The molecule has 88 valence electrons. The molecule has 1 heterocycles.